The molecule has 0 aromatic rings. The second kappa shape index (κ2) is 60.5. The van der Waals surface area contributed by atoms with Crippen LogP contribution in [-0.2, 0) is 65.4 Å². The third kappa shape index (κ3) is 62.7. The van der Waals surface area contributed by atoms with Crippen LogP contribution in [0.15, 0.2) is 24.3 Å². The molecule has 0 saturated heterocycles. The zero-order valence-corrected chi connectivity index (χ0v) is 59.2. The van der Waals surface area contributed by atoms with Crippen molar-refractivity contribution in [2.24, 2.45) is 17.8 Å². The Bertz CT molecular complexity index is 1840. The van der Waals surface area contributed by atoms with E-state index in [4.69, 9.17) is 37.0 Å². The van der Waals surface area contributed by atoms with Crippen molar-refractivity contribution in [3.05, 3.63) is 24.3 Å². The van der Waals surface area contributed by atoms with E-state index in [2.05, 4.69) is 72.8 Å². The lowest BCUT2D eigenvalue weighted by molar-refractivity contribution is -0.161. The van der Waals surface area contributed by atoms with E-state index in [0.717, 1.165) is 121 Å². The Kier molecular flexibility index (Phi) is 58.8. The molecule has 0 spiro atoms. The molecule has 0 aliphatic heterocycles. The minimum atomic E-state index is -4.96. The predicted octanol–water partition coefficient (Wildman–Crippen LogP) is 19.4. The Balaban J connectivity index is 5.25. The van der Waals surface area contributed by atoms with Gasteiger partial charge < -0.3 is 33.8 Å². The predicted molar refractivity (Wildman–Crippen MR) is 358 cm³/mol. The van der Waals surface area contributed by atoms with Gasteiger partial charge in [0.25, 0.3) is 0 Å². The molecule has 3 N–H and O–H groups in total. The van der Waals surface area contributed by atoms with E-state index in [1.54, 1.807) is 0 Å². The van der Waals surface area contributed by atoms with Gasteiger partial charge in [-0.2, -0.15) is 0 Å². The quantitative estimate of drug-likeness (QED) is 0.0169. The standard InChI is InChI=1S/C70H132O17P2/c1-8-10-11-12-13-14-15-16-17-18-23-26-29-39-46-53-69(74)86-65(58-81-68(73)52-45-38-32-30-35-42-49-62(5)6)59-84-88(76,77)82-55-64(71)56-83-89(78,79)85-60-66(87-70(75)54-47-40-33-31-36-43-50-63(7)9-2)57-80-67(72)51-44-37-28-25-22-20-19-21-24-27-34-41-48-61(3)4/h14-17,61-66,71H,8-13,18-60H2,1-7H3,(H,76,77)(H,78,79)/b15-14-,17-16-/t63?,64-,65+,66+/m0/s1. The van der Waals surface area contributed by atoms with E-state index in [-0.39, 0.29) is 25.7 Å². The molecule has 0 bridgehead atoms. The fraction of sp³-hybridized carbons (Fsp3) is 0.886. The topological polar surface area (TPSA) is 237 Å². The summed E-state index contributed by atoms with van der Waals surface area (Å²) in [4.78, 5) is 72.4. The molecular formula is C70H132O17P2. The first-order valence-electron chi connectivity index (χ1n) is 35.7. The van der Waals surface area contributed by atoms with Crippen LogP contribution >= 0.6 is 15.6 Å². The Morgan fingerprint density at radius 3 is 1.00 bits per heavy atom. The molecule has 0 amide bonds. The van der Waals surface area contributed by atoms with E-state index < -0.39 is 97.5 Å². The SMILES string of the molecule is CCCCCC/C=C\C=C/CCCCCCCC(=O)O[C@H](COC(=O)CCCCCCCCC(C)C)COP(=O)(O)OC[C@H](O)COP(=O)(O)OC[C@@H](COC(=O)CCCCCCCCCCCCCCC(C)C)OC(=O)CCCCCCCCC(C)CC. The first-order valence-corrected chi connectivity index (χ1v) is 38.7. The molecule has 0 rings (SSSR count). The molecule has 3 unspecified atom stereocenters. The van der Waals surface area contributed by atoms with Crippen LogP contribution in [0.2, 0.25) is 0 Å². The number of phosphoric acid groups is 2. The Morgan fingerprint density at radius 2 is 0.663 bits per heavy atom. The van der Waals surface area contributed by atoms with Crippen molar-refractivity contribution in [3.63, 3.8) is 0 Å². The molecular weight excluding hydrogens is 1170 g/mol. The maximum atomic E-state index is 13.0. The van der Waals surface area contributed by atoms with E-state index >= 15 is 0 Å². The van der Waals surface area contributed by atoms with Crippen molar-refractivity contribution in [2.75, 3.05) is 39.6 Å². The molecule has 0 aromatic carbocycles. The number of phosphoric ester groups is 2. The van der Waals surface area contributed by atoms with Crippen LogP contribution < -0.4 is 0 Å². The van der Waals surface area contributed by atoms with Gasteiger partial charge in [-0.25, -0.2) is 9.13 Å². The highest BCUT2D eigenvalue weighted by Crippen LogP contribution is 2.45. The molecule has 0 aliphatic carbocycles. The number of unbranched alkanes of at least 4 members (excludes halogenated alkanes) is 30. The summed E-state index contributed by atoms with van der Waals surface area (Å²) in [6.45, 7) is 11.7. The molecule has 89 heavy (non-hydrogen) atoms. The van der Waals surface area contributed by atoms with Gasteiger partial charge in [0.2, 0.25) is 0 Å². The number of ether oxygens (including phenoxy) is 4. The van der Waals surface area contributed by atoms with Crippen LogP contribution in [0.25, 0.3) is 0 Å². The van der Waals surface area contributed by atoms with Crippen molar-refractivity contribution in [1.29, 1.82) is 0 Å². The normalized spacial score (nSPS) is 14.7. The molecule has 0 aromatic heterocycles. The summed E-state index contributed by atoms with van der Waals surface area (Å²) in [5.74, 6) is 0.0125. The number of allylic oxidation sites excluding steroid dienone is 4. The van der Waals surface area contributed by atoms with Crippen molar-refractivity contribution in [3.8, 4) is 0 Å². The Hall–Kier alpha value is -2.46. The first-order chi connectivity index (χ1) is 42.8. The zero-order valence-electron chi connectivity index (χ0n) is 57.4. The average Bonchev–Trinajstić information content (AvgIpc) is 3.71. The summed E-state index contributed by atoms with van der Waals surface area (Å²) in [7, 11) is -9.91. The fourth-order valence-corrected chi connectivity index (χ4v) is 11.5. The highest BCUT2D eigenvalue weighted by atomic mass is 31.2. The van der Waals surface area contributed by atoms with Crippen molar-refractivity contribution in [2.45, 2.75) is 343 Å². The summed E-state index contributed by atoms with van der Waals surface area (Å²) in [6, 6.07) is 0. The summed E-state index contributed by atoms with van der Waals surface area (Å²) < 4.78 is 68.2. The van der Waals surface area contributed by atoms with Crippen LogP contribution in [-0.4, -0.2) is 96.7 Å². The van der Waals surface area contributed by atoms with Gasteiger partial charge in [-0.1, -0.05) is 272 Å². The lowest BCUT2D eigenvalue weighted by Gasteiger charge is -2.21. The van der Waals surface area contributed by atoms with Gasteiger partial charge in [-0.15, -0.1) is 0 Å². The number of hydrogen-bond acceptors (Lipinski definition) is 15. The maximum absolute atomic E-state index is 13.0. The monoisotopic (exact) mass is 1310 g/mol. The third-order valence-electron chi connectivity index (χ3n) is 15.9. The number of rotatable bonds is 66. The lowest BCUT2D eigenvalue weighted by Crippen LogP contribution is -2.30. The number of aliphatic hydroxyl groups is 1. The minimum Gasteiger partial charge on any atom is -0.462 e. The molecule has 0 saturated carbocycles. The molecule has 0 aliphatic rings. The third-order valence-corrected chi connectivity index (χ3v) is 17.8. The van der Waals surface area contributed by atoms with Gasteiger partial charge in [0.15, 0.2) is 12.2 Å². The van der Waals surface area contributed by atoms with Gasteiger partial charge in [0, 0.05) is 25.7 Å². The first kappa shape index (κ1) is 86.5. The van der Waals surface area contributed by atoms with Gasteiger partial charge >= 0.3 is 39.5 Å². The van der Waals surface area contributed by atoms with Crippen LogP contribution in [0.5, 0.6) is 0 Å². The summed E-state index contributed by atoms with van der Waals surface area (Å²) >= 11 is 0. The maximum Gasteiger partial charge on any atom is 0.472 e. The molecule has 524 valence electrons. The zero-order chi connectivity index (χ0) is 65.9. The number of aliphatic hydroxyl groups excluding tert-OH is 1. The van der Waals surface area contributed by atoms with Crippen molar-refractivity contribution < 1.29 is 80.2 Å². The number of esters is 4. The second-order valence-corrected chi connectivity index (χ2v) is 28.7. The van der Waals surface area contributed by atoms with Crippen LogP contribution in [0.1, 0.15) is 325 Å². The van der Waals surface area contributed by atoms with Gasteiger partial charge in [0.1, 0.15) is 19.3 Å². The highest BCUT2D eigenvalue weighted by molar-refractivity contribution is 7.47. The molecule has 17 nitrogen and oxygen atoms in total. The molecule has 0 heterocycles. The second-order valence-electron chi connectivity index (χ2n) is 25.8. The van der Waals surface area contributed by atoms with E-state index in [1.165, 1.54) is 116 Å². The minimum absolute atomic E-state index is 0.0834. The largest absolute Gasteiger partial charge is 0.472 e. The van der Waals surface area contributed by atoms with E-state index in [1.807, 2.05) is 0 Å². The Labute approximate surface area is 542 Å². The molecule has 0 fully saturated rings. The number of carbonyl (C=O) groups excluding carboxylic acids is 4. The summed E-state index contributed by atoms with van der Waals surface area (Å²) in [6.07, 6.45) is 46.8. The summed E-state index contributed by atoms with van der Waals surface area (Å²) in [5.41, 5.74) is 0. The van der Waals surface area contributed by atoms with E-state index in [9.17, 15) is 43.2 Å². The van der Waals surface area contributed by atoms with Crippen LogP contribution in [0, 0.1) is 17.8 Å². The van der Waals surface area contributed by atoms with Gasteiger partial charge in [0.05, 0.1) is 26.4 Å². The van der Waals surface area contributed by atoms with Gasteiger partial charge in [-0.05, 0) is 69.1 Å². The lowest BCUT2D eigenvalue weighted by atomic mass is 10.00. The number of hydrogen-bond donors (Lipinski definition) is 3. The van der Waals surface area contributed by atoms with Gasteiger partial charge in [-0.3, -0.25) is 37.3 Å². The summed E-state index contributed by atoms with van der Waals surface area (Å²) in [5, 5.41) is 10.6. The molecule has 19 heteroatoms. The van der Waals surface area contributed by atoms with E-state index in [0.29, 0.717) is 31.6 Å². The highest BCUT2D eigenvalue weighted by Gasteiger charge is 2.30. The van der Waals surface area contributed by atoms with Crippen molar-refractivity contribution in [1.82, 2.24) is 0 Å². The average molecular weight is 1310 g/mol. The van der Waals surface area contributed by atoms with Crippen LogP contribution in [0.4, 0.5) is 0 Å². The van der Waals surface area contributed by atoms with Crippen LogP contribution in [0.3, 0.4) is 0 Å². The number of carbonyl (C=O) groups is 4. The Morgan fingerprint density at radius 1 is 0.371 bits per heavy atom. The molecule has 6 atom stereocenters. The molecule has 0 radical (unpaired) electrons. The van der Waals surface area contributed by atoms with Crippen molar-refractivity contribution >= 4 is 39.5 Å². The fourth-order valence-electron chi connectivity index (χ4n) is 9.97. The smallest absolute Gasteiger partial charge is 0.462 e.